The Balaban J connectivity index is 2.06. The Labute approximate surface area is 121 Å². The number of hydrogen-bond donors (Lipinski definition) is 2. The van der Waals surface area contributed by atoms with E-state index in [0.29, 0.717) is 6.61 Å². The van der Waals surface area contributed by atoms with Crippen molar-refractivity contribution in [3.63, 3.8) is 0 Å². The van der Waals surface area contributed by atoms with Crippen molar-refractivity contribution < 1.29 is 14.6 Å². The van der Waals surface area contributed by atoms with Crippen molar-refractivity contribution in [3.8, 4) is 5.75 Å². The number of nitrogens with zero attached hydrogens (tertiary/aromatic N) is 1. The van der Waals surface area contributed by atoms with Gasteiger partial charge in [0, 0.05) is 16.3 Å². The number of fused-ring (bicyclic) bond motifs is 3. The number of carboxylic acid groups (broad SMARTS) is 1. The summed E-state index contributed by atoms with van der Waals surface area (Å²) in [6, 6.07) is 7.39. The van der Waals surface area contributed by atoms with Crippen molar-refractivity contribution in [3.05, 3.63) is 36.2 Å². The van der Waals surface area contributed by atoms with Crippen LogP contribution in [0.25, 0.3) is 21.8 Å². The number of aromatic carboxylic acids is 1. The predicted molar refractivity (Wildman–Crippen MR) is 81.0 cm³/mol. The van der Waals surface area contributed by atoms with Gasteiger partial charge in [0.15, 0.2) is 0 Å². The predicted octanol–water partition coefficient (Wildman–Crippen LogP) is 3.59. The summed E-state index contributed by atoms with van der Waals surface area (Å²) in [4.78, 5) is 18.2. The van der Waals surface area contributed by atoms with Crippen LogP contribution in [-0.2, 0) is 0 Å². The van der Waals surface area contributed by atoms with Crippen LogP contribution in [0.4, 0.5) is 0 Å². The Morgan fingerprint density at radius 1 is 1.29 bits per heavy atom. The van der Waals surface area contributed by atoms with Crippen LogP contribution in [0.15, 0.2) is 30.5 Å². The zero-order valence-corrected chi connectivity index (χ0v) is 11.7. The van der Waals surface area contributed by atoms with Crippen LogP contribution in [-0.4, -0.2) is 27.7 Å². The summed E-state index contributed by atoms with van der Waals surface area (Å²) < 4.78 is 5.70. The molecule has 2 heterocycles. The molecule has 0 unspecified atom stereocenters. The molecule has 0 radical (unpaired) electrons. The highest BCUT2D eigenvalue weighted by atomic mass is 16.5. The van der Waals surface area contributed by atoms with E-state index in [2.05, 4.69) is 16.9 Å². The van der Waals surface area contributed by atoms with Gasteiger partial charge in [-0.25, -0.2) is 9.78 Å². The van der Waals surface area contributed by atoms with E-state index in [1.165, 1.54) is 0 Å². The van der Waals surface area contributed by atoms with Gasteiger partial charge in [-0.15, -0.1) is 0 Å². The lowest BCUT2D eigenvalue weighted by atomic mass is 10.1. The largest absolute Gasteiger partial charge is 0.494 e. The second-order valence-electron chi connectivity index (χ2n) is 4.95. The van der Waals surface area contributed by atoms with Crippen molar-refractivity contribution in [2.24, 2.45) is 0 Å². The minimum absolute atomic E-state index is 0.0423. The van der Waals surface area contributed by atoms with Gasteiger partial charge in [0.05, 0.1) is 18.3 Å². The zero-order valence-electron chi connectivity index (χ0n) is 11.7. The molecule has 1 aromatic carbocycles. The number of carbonyl (C=O) groups is 1. The lowest BCUT2D eigenvalue weighted by Crippen LogP contribution is -1.98. The summed E-state index contributed by atoms with van der Waals surface area (Å²) >= 11 is 0. The summed E-state index contributed by atoms with van der Waals surface area (Å²) in [6.07, 6.45) is 3.65. The van der Waals surface area contributed by atoms with Crippen LogP contribution >= 0.6 is 0 Å². The molecule has 0 atom stereocenters. The molecule has 0 spiro atoms. The molecule has 0 bridgehead atoms. The van der Waals surface area contributed by atoms with Crippen molar-refractivity contribution >= 4 is 27.8 Å². The van der Waals surface area contributed by atoms with Crippen LogP contribution in [0.1, 0.15) is 30.3 Å². The van der Waals surface area contributed by atoms with E-state index in [1.54, 1.807) is 12.3 Å². The molecule has 0 fully saturated rings. The number of carboxylic acids is 1. The third-order valence-electron chi connectivity index (χ3n) is 3.44. The third kappa shape index (κ3) is 2.54. The maximum Gasteiger partial charge on any atom is 0.354 e. The summed E-state index contributed by atoms with van der Waals surface area (Å²) in [5.74, 6) is -0.230. The first-order valence-electron chi connectivity index (χ1n) is 6.96. The van der Waals surface area contributed by atoms with Gasteiger partial charge in [-0.2, -0.15) is 0 Å². The first kappa shape index (κ1) is 13.4. The molecule has 0 amide bonds. The van der Waals surface area contributed by atoms with Gasteiger partial charge in [-0.1, -0.05) is 13.3 Å². The van der Waals surface area contributed by atoms with Crippen LogP contribution in [0.3, 0.4) is 0 Å². The molecule has 108 valence electrons. The van der Waals surface area contributed by atoms with E-state index in [4.69, 9.17) is 9.84 Å². The fourth-order valence-electron chi connectivity index (χ4n) is 2.32. The third-order valence-corrected chi connectivity index (χ3v) is 3.44. The number of aromatic nitrogens is 2. The number of rotatable bonds is 5. The SMILES string of the molecule is CCCCOc1ccc2[nH]c3cnc(C(=O)O)cc3c2c1. The van der Waals surface area contributed by atoms with Crippen LogP contribution in [0.5, 0.6) is 5.75 Å². The maximum atomic E-state index is 11.0. The summed E-state index contributed by atoms with van der Waals surface area (Å²) in [7, 11) is 0. The van der Waals surface area contributed by atoms with Crippen molar-refractivity contribution in [2.75, 3.05) is 6.61 Å². The van der Waals surface area contributed by atoms with Gasteiger partial charge in [0.1, 0.15) is 11.4 Å². The molecule has 0 saturated heterocycles. The molecule has 0 aliphatic rings. The van der Waals surface area contributed by atoms with Crippen LogP contribution in [0.2, 0.25) is 0 Å². The number of hydrogen-bond acceptors (Lipinski definition) is 3. The average Bonchev–Trinajstić information content (AvgIpc) is 2.84. The standard InChI is InChI=1S/C16H16N2O3/c1-2-3-6-21-10-4-5-13-11(7-10)12-8-14(16(19)20)17-9-15(12)18-13/h4-5,7-9,18H,2-3,6H2,1H3,(H,19,20). The molecular weight excluding hydrogens is 268 g/mol. The number of unbranched alkanes of at least 4 members (excludes halogenated alkanes) is 1. The summed E-state index contributed by atoms with van der Waals surface area (Å²) in [6.45, 7) is 2.80. The van der Waals surface area contributed by atoms with Gasteiger partial charge in [0.2, 0.25) is 0 Å². The highest BCUT2D eigenvalue weighted by molar-refractivity contribution is 6.08. The Bertz CT molecular complexity index is 808. The van der Waals surface area contributed by atoms with Gasteiger partial charge < -0.3 is 14.8 Å². The normalized spacial score (nSPS) is 11.1. The lowest BCUT2D eigenvalue weighted by molar-refractivity contribution is 0.0690. The fourth-order valence-corrected chi connectivity index (χ4v) is 2.32. The summed E-state index contributed by atoms with van der Waals surface area (Å²) in [5, 5.41) is 10.8. The first-order valence-corrected chi connectivity index (χ1v) is 6.96. The molecule has 3 rings (SSSR count). The Hall–Kier alpha value is -2.56. The van der Waals surface area contributed by atoms with E-state index >= 15 is 0 Å². The molecule has 0 saturated carbocycles. The Kier molecular flexibility index (Phi) is 3.48. The number of benzene rings is 1. The molecule has 2 aromatic heterocycles. The molecule has 2 N–H and O–H groups in total. The summed E-state index contributed by atoms with van der Waals surface area (Å²) in [5.41, 5.74) is 1.80. The van der Waals surface area contributed by atoms with E-state index < -0.39 is 5.97 Å². The van der Waals surface area contributed by atoms with E-state index in [-0.39, 0.29) is 5.69 Å². The number of H-pyrrole nitrogens is 1. The Morgan fingerprint density at radius 2 is 2.10 bits per heavy atom. The highest BCUT2D eigenvalue weighted by Gasteiger charge is 2.10. The van der Waals surface area contributed by atoms with Gasteiger partial charge in [-0.3, -0.25) is 0 Å². The van der Waals surface area contributed by atoms with Crippen molar-refractivity contribution in [1.82, 2.24) is 9.97 Å². The Morgan fingerprint density at radius 3 is 2.86 bits per heavy atom. The molecule has 3 aromatic rings. The lowest BCUT2D eigenvalue weighted by Gasteiger charge is -2.05. The van der Waals surface area contributed by atoms with Crippen LogP contribution in [0, 0.1) is 0 Å². The van der Waals surface area contributed by atoms with E-state index in [0.717, 1.165) is 40.4 Å². The van der Waals surface area contributed by atoms with Gasteiger partial charge in [0.25, 0.3) is 0 Å². The number of nitrogens with one attached hydrogen (secondary N) is 1. The van der Waals surface area contributed by atoms with E-state index in [9.17, 15) is 4.79 Å². The molecular formula is C16H16N2O3. The number of ether oxygens (including phenoxy) is 1. The minimum atomic E-state index is -1.03. The smallest absolute Gasteiger partial charge is 0.354 e. The first-order chi connectivity index (χ1) is 10.2. The fraction of sp³-hybridized carbons (Fsp3) is 0.250. The number of pyridine rings is 1. The second kappa shape index (κ2) is 5.44. The molecule has 5 nitrogen and oxygen atoms in total. The van der Waals surface area contributed by atoms with Crippen LogP contribution < -0.4 is 4.74 Å². The maximum absolute atomic E-state index is 11.0. The topological polar surface area (TPSA) is 75.2 Å². The zero-order chi connectivity index (χ0) is 14.8. The number of aromatic amines is 1. The quantitative estimate of drug-likeness (QED) is 0.702. The van der Waals surface area contributed by atoms with Gasteiger partial charge >= 0.3 is 5.97 Å². The minimum Gasteiger partial charge on any atom is -0.494 e. The van der Waals surface area contributed by atoms with Crippen molar-refractivity contribution in [1.29, 1.82) is 0 Å². The van der Waals surface area contributed by atoms with E-state index in [1.807, 2.05) is 18.2 Å². The highest BCUT2D eigenvalue weighted by Crippen LogP contribution is 2.28. The molecule has 0 aliphatic heterocycles. The monoisotopic (exact) mass is 284 g/mol. The average molecular weight is 284 g/mol. The second-order valence-corrected chi connectivity index (χ2v) is 4.95. The molecule has 0 aliphatic carbocycles. The van der Waals surface area contributed by atoms with Crippen molar-refractivity contribution in [2.45, 2.75) is 19.8 Å². The van der Waals surface area contributed by atoms with Gasteiger partial charge in [-0.05, 0) is 30.7 Å². The molecule has 21 heavy (non-hydrogen) atoms. The molecule has 5 heteroatoms.